The van der Waals surface area contributed by atoms with Crippen LogP contribution in [0.2, 0.25) is 0 Å². The standard InChI is InChI=1S/C19H23N3O/c1-20-19(21-2)22-13-14-5-7-15(8-6-14)16-9-10-18-17(12-16)4-3-11-23-18/h5-10,12H,3-4,11,13H2,1-2H3,(H2,20,21,22). The van der Waals surface area contributed by atoms with Crippen LogP contribution in [-0.2, 0) is 13.0 Å². The third-order valence-electron chi connectivity index (χ3n) is 4.12. The van der Waals surface area contributed by atoms with Gasteiger partial charge in [0.25, 0.3) is 0 Å². The van der Waals surface area contributed by atoms with E-state index in [9.17, 15) is 0 Å². The molecule has 2 aromatic rings. The summed E-state index contributed by atoms with van der Waals surface area (Å²) in [4.78, 5) is 4.11. The van der Waals surface area contributed by atoms with Gasteiger partial charge >= 0.3 is 0 Å². The van der Waals surface area contributed by atoms with Crippen LogP contribution in [0, 0.1) is 0 Å². The summed E-state index contributed by atoms with van der Waals surface area (Å²) in [7, 11) is 3.62. The number of nitrogens with one attached hydrogen (secondary N) is 2. The first-order chi connectivity index (χ1) is 11.3. The van der Waals surface area contributed by atoms with Crippen LogP contribution in [0.4, 0.5) is 0 Å². The van der Waals surface area contributed by atoms with Gasteiger partial charge in [0, 0.05) is 20.6 Å². The summed E-state index contributed by atoms with van der Waals surface area (Å²) in [6.45, 7) is 1.59. The van der Waals surface area contributed by atoms with E-state index in [2.05, 4.69) is 58.1 Å². The van der Waals surface area contributed by atoms with Crippen LogP contribution in [-0.4, -0.2) is 26.7 Å². The molecule has 1 aliphatic heterocycles. The number of aliphatic imine (C=N–C) groups is 1. The molecule has 0 saturated carbocycles. The Balaban J connectivity index is 1.72. The molecule has 0 atom stereocenters. The minimum absolute atomic E-state index is 0.756. The molecule has 4 nitrogen and oxygen atoms in total. The Morgan fingerprint density at radius 2 is 1.91 bits per heavy atom. The molecule has 0 unspecified atom stereocenters. The quantitative estimate of drug-likeness (QED) is 0.677. The molecule has 1 aliphatic rings. The van der Waals surface area contributed by atoms with E-state index in [1.54, 1.807) is 7.05 Å². The number of nitrogens with zero attached hydrogens (tertiary/aromatic N) is 1. The highest BCUT2D eigenvalue weighted by Crippen LogP contribution is 2.30. The number of hydrogen-bond acceptors (Lipinski definition) is 2. The van der Waals surface area contributed by atoms with Crippen LogP contribution in [0.1, 0.15) is 17.5 Å². The Bertz CT molecular complexity index is 692. The van der Waals surface area contributed by atoms with Crippen LogP contribution in [0.15, 0.2) is 47.5 Å². The van der Waals surface area contributed by atoms with E-state index in [1.807, 2.05) is 7.05 Å². The number of fused-ring (bicyclic) bond motifs is 1. The lowest BCUT2D eigenvalue weighted by molar-refractivity contribution is 0.288. The monoisotopic (exact) mass is 309 g/mol. The number of guanidine groups is 1. The van der Waals surface area contributed by atoms with Crippen molar-refractivity contribution in [1.82, 2.24) is 10.6 Å². The third kappa shape index (κ3) is 3.65. The first-order valence-corrected chi connectivity index (χ1v) is 8.03. The zero-order chi connectivity index (χ0) is 16.1. The molecule has 0 bridgehead atoms. The van der Waals surface area contributed by atoms with Gasteiger partial charge in [0.1, 0.15) is 5.75 Å². The summed E-state index contributed by atoms with van der Waals surface area (Å²) < 4.78 is 5.68. The average Bonchev–Trinajstić information content (AvgIpc) is 2.63. The zero-order valence-corrected chi connectivity index (χ0v) is 13.7. The van der Waals surface area contributed by atoms with Gasteiger partial charge in [0.2, 0.25) is 0 Å². The molecule has 23 heavy (non-hydrogen) atoms. The van der Waals surface area contributed by atoms with Gasteiger partial charge in [0.05, 0.1) is 6.61 Å². The SMILES string of the molecule is CN=C(NC)NCc1ccc(-c2ccc3c(c2)CCCO3)cc1. The molecule has 0 saturated heterocycles. The highest BCUT2D eigenvalue weighted by atomic mass is 16.5. The Hall–Kier alpha value is -2.49. The van der Waals surface area contributed by atoms with Crippen molar-refractivity contribution in [2.75, 3.05) is 20.7 Å². The Labute approximate surface area is 137 Å². The highest BCUT2D eigenvalue weighted by Gasteiger charge is 2.11. The fraction of sp³-hybridized carbons (Fsp3) is 0.316. The average molecular weight is 309 g/mol. The molecule has 0 fully saturated rings. The molecule has 2 N–H and O–H groups in total. The summed E-state index contributed by atoms with van der Waals surface area (Å²) >= 11 is 0. The van der Waals surface area contributed by atoms with E-state index in [4.69, 9.17) is 4.74 Å². The maximum atomic E-state index is 5.68. The topological polar surface area (TPSA) is 45.7 Å². The molecular formula is C19H23N3O. The van der Waals surface area contributed by atoms with Gasteiger partial charge in [-0.3, -0.25) is 4.99 Å². The molecule has 3 rings (SSSR count). The lowest BCUT2D eigenvalue weighted by Gasteiger charge is -2.18. The normalized spacial score (nSPS) is 13.9. The van der Waals surface area contributed by atoms with E-state index >= 15 is 0 Å². The van der Waals surface area contributed by atoms with Crippen molar-refractivity contribution in [3.05, 3.63) is 53.6 Å². The van der Waals surface area contributed by atoms with Crippen LogP contribution in [0.25, 0.3) is 11.1 Å². The number of rotatable bonds is 3. The molecule has 0 spiro atoms. The second-order valence-corrected chi connectivity index (χ2v) is 5.65. The molecule has 1 heterocycles. The van der Waals surface area contributed by atoms with Crippen LogP contribution in [0.3, 0.4) is 0 Å². The van der Waals surface area contributed by atoms with Crippen molar-refractivity contribution in [2.45, 2.75) is 19.4 Å². The Morgan fingerprint density at radius 1 is 1.13 bits per heavy atom. The van der Waals surface area contributed by atoms with E-state index in [-0.39, 0.29) is 0 Å². The van der Waals surface area contributed by atoms with Gasteiger partial charge in [-0.2, -0.15) is 0 Å². The molecule has 2 aromatic carbocycles. The molecular weight excluding hydrogens is 286 g/mol. The second-order valence-electron chi connectivity index (χ2n) is 5.65. The summed E-state index contributed by atoms with van der Waals surface area (Å²) in [6, 6.07) is 15.1. The summed E-state index contributed by atoms with van der Waals surface area (Å²) in [6.07, 6.45) is 2.21. The lowest BCUT2D eigenvalue weighted by Crippen LogP contribution is -2.34. The van der Waals surface area contributed by atoms with E-state index in [1.165, 1.54) is 22.3 Å². The minimum atomic E-state index is 0.756. The second kappa shape index (κ2) is 7.18. The molecule has 4 heteroatoms. The summed E-state index contributed by atoms with van der Waals surface area (Å²) in [5.74, 6) is 1.84. The number of ether oxygens (including phenoxy) is 1. The number of aryl methyl sites for hydroxylation is 1. The first kappa shape index (κ1) is 15.4. The highest BCUT2D eigenvalue weighted by molar-refractivity contribution is 5.79. The van der Waals surface area contributed by atoms with Crippen molar-refractivity contribution in [3.8, 4) is 16.9 Å². The van der Waals surface area contributed by atoms with Gasteiger partial charge in [-0.1, -0.05) is 30.3 Å². The minimum Gasteiger partial charge on any atom is -0.493 e. The van der Waals surface area contributed by atoms with Crippen LogP contribution >= 0.6 is 0 Å². The predicted octanol–water partition coefficient (Wildman–Crippen LogP) is 2.97. The Morgan fingerprint density at radius 3 is 2.65 bits per heavy atom. The van der Waals surface area contributed by atoms with Gasteiger partial charge in [-0.15, -0.1) is 0 Å². The van der Waals surface area contributed by atoms with Gasteiger partial charge in [0.15, 0.2) is 5.96 Å². The van der Waals surface area contributed by atoms with Gasteiger partial charge < -0.3 is 15.4 Å². The van der Waals surface area contributed by atoms with Crippen molar-refractivity contribution < 1.29 is 4.74 Å². The molecule has 0 radical (unpaired) electrons. The van der Waals surface area contributed by atoms with Crippen molar-refractivity contribution in [3.63, 3.8) is 0 Å². The van der Waals surface area contributed by atoms with Crippen molar-refractivity contribution >= 4 is 5.96 Å². The van der Waals surface area contributed by atoms with Gasteiger partial charge in [-0.05, 0) is 47.2 Å². The largest absolute Gasteiger partial charge is 0.493 e. The zero-order valence-electron chi connectivity index (χ0n) is 13.7. The third-order valence-corrected chi connectivity index (χ3v) is 4.12. The number of benzene rings is 2. The predicted molar refractivity (Wildman–Crippen MR) is 95.0 cm³/mol. The number of hydrogen-bond donors (Lipinski definition) is 2. The molecule has 120 valence electrons. The van der Waals surface area contributed by atoms with E-state index in [0.717, 1.165) is 37.7 Å². The van der Waals surface area contributed by atoms with Crippen LogP contribution < -0.4 is 15.4 Å². The summed E-state index contributed by atoms with van der Waals surface area (Å²) in [5, 5.41) is 6.27. The van der Waals surface area contributed by atoms with Crippen molar-refractivity contribution in [1.29, 1.82) is 0 Å². The molecule has 0 aliphatic carbocycles. The van der Waals surface area contributed by atoms with Crippen LogP contribution in [0.5, 0.6) is 5.75 Å². The first-order valence-electron chi connectivity index (χ1n) is 8.03. The molecule has 0 aromatic heterocycles. The lowest BCUT2D eigenvalue weighted by atomic mass is 9.98. The Kier molecular flexibility index (Phi) is 4.81. The maximum absolute atomic E-state index is 5.68. The van der Waals surface area contributed by atoms with Gasteiger partial charge in [-0.25, -0.2) is 0 Å². The smallest absolute Gasteiger partial charge is 0.190 e. The fourth-order valence-electron chi connectivity index (χ4n) is 2.82. The van der Waals surface area contributed by atoms with E-state index in [0.29, 0.717) is 0 Å². The maximum Gasteiger partial charge on any atom is 0.190 e. The van der Waals surface area contributed by atoms with Crippen molar-refractivity contribution in [2.24, 2.45) is 4.99 Å². The molecule has 0 amide bonds. The summed E-state index contributed by atoms with van der Waals surface area (Å²) in [5.41, 5.74) is 5.03. The van der Waals surface area contributed by atoms with E-state index < -0.39 is 0 Å². The fourth-order valence-corrected chi connectivity index (χ4v) is 2.82.